The first-order valence-corrected chi connectivity index (χ1v) is 10.8. The molecule has 2 heterocycles. The highest BCUT2D eigenvalue weighted by Crippen LogP contribution is 2.27. The number of amides is 1. The van der Waals surface area contributed by atoms with E-state index in [9.17, 15) is 4.79 Å². The second-order valence-electron chi connectivity index (χ2n) is 7.49. The molecule has 1 N–H and O–H groups in total. The number of ether oxygens (including phenoxy) is 2. The number of para-hydroxylation sites is 2. The minimum Gasteiger partial charge on any atom is -0.493 e. The number of benzene rings is 2. The first kappa shape index (κ1) is 22.5. The number of nitrogens with zero attached hydrogens (tertiary/aromatic N) is 2. The number of aryl methyl sites for hydroxylation is 1. The van der Waals surface area contributed by atoms with Crippen molar-refractivity contribution < 1.29 is 18.7 Å². The van der Waals surface area contributed by atoms with Gasteiger partial charge in [0.2, 0.25) is 0 Å². The molecule has 0 aliphatic rings. The molecule has 170 valence electrons. The van der Waals surface area contributed by atoms with Gasteiger partial charge in [-0.15, -0.1) is 0 Å². The first-order valence-electron chi connectivity index (χ1n) is 10.4. The molecule has 0 fully saturated rings. The lowest BCUT2D eigenvalue weighted by atomic mass is 10.2. The number of hydrogen-bond donors (Lipinski definition) is 1. The number of rotatable bonds is 8. The second-order valence-corrected chi connectivity index (χ2v) is 7.93. The van der Waals surface area contributed by atoms with Crippen molar-refractivity contribution in [3.63, 3.8) is 0 Å². The van der Waals surface area contributed by atoms with Gasteiger partial charge in [0.15, 0.2) is 17.3 Å². The number of anilines is 1. The predicted molar refractivity (Wildman–Crippen MR) is 126 cm³/mol. The topological polar surface area (TPSA) is 78.5 Å². The fourth-order valence-electron chi connectivity index (χ4n) is 3.43. The summed E-state index contributed by atoms with van der Waals surface area (Å²) in [6.45, 7) is 4.52. The zero-order valence-corrected chi connectivity index (χ0v) is 19.3. The van der Waals surface area contributed by atoms with Gasteiger partial charge in [0.25, 0.3) is 5.91 Å². The third-order valence-electron chi connectivity index (χ3n) is 5.19. The van der Waals surface area contributed by atoms with Gasteiger partial charge in [-0.1, -0.05) is 35.9 Å². The molecular weight excluding hydrogens is 442 g/mol. The van der Waals surface area contributed by atoms with Crippen LogP contribution in [-0.2, 0) is 13.2 Å². The molecular formula is C25H24ClN3O4. The van der Waals surface area contributed by atoms with Gasteiger partial charge in [-0.25, -0.2) is 0 Å². The van der Waals surface area contributed by atoms with E-state index in [1.54, 1.807) is 19.2 Å². The van der Waals surface area contributed by atoms with Crippen LogP contribution in [0.25, 0.3) is 0 Å². The van der Waals surface area contributed by atoms with E-state index < -0.39 is 0 Å². The molecule has 2 aromatic heterocycles. The van der Waals surface area contributed by atoms with Gasteiger partial charge in [-0.2, -0.15) is 5.10 Å². The molecule has 0 saturated heterocycles. The number of furan rings is 1. The normalized spacial score (nSPS) is 10.8. The number of carbonyl (C=O) groups is 1. The van der Waals surface area contributed by atoms with Crippen LogP contribution in [0.15, 0.2) is 65.1 Å². The molecule has 7 nitrogen and oxygen atoms in total. The average molecular weight is 466 g/mol. The van der Waals surface area contributed by atoms with E-state index >= 15 is 0 Å². The van der Waals surface area contributed by atoms with Crippen molar-refractivity contribution in [2.75, 3.05) is 12.4 Å². The van der Waals surface area contributed by atoms with Crippen LogP contribution in [0.1, 0.15) is 33.3 Å². The van der Waals surface area contributed by atoms with E-state index in [2.05, 4.69) is 10.4 Å². The maximum Gasteiger partial charge on any atom is 0.291 e. The fourth-order valence-corrected chi connectivity index (χ4v) is 3.56. The molecule has 0 atom stereocenters. The number of hydrogen-bond acceptors (Lipinski definition) is 5. The van der Waals surface area contributed by atoms with E-state index in [0.29, 0.717) is 34.5 Å². The minimum absolute atomic E-state index is 0.171. The molecule has 4 aromatic rings. The maximum atomic E-state index is 12.8. The Labute approximate surface area is 196 Å². The van der Waals surface area contributed by atoms with Gasteiger partial charge in [-0.05, 0) is 55.8 Å². The number of halogens is 1. The summed E-state index contributed by atoms with van der Waals surface area (Å²) in [5.74, 6) is 1.59. The molecule has 33 heavy (non-hydrogen) atoms. The Kier molecular flexibility index (Phi) is 6.70. The lowest BCUT2D eigenvalue weighted by molar-refractivity contribution is 0.0992. The van der Waals surface area contributed by atoms with E-state index in [0.717, 1.165) is 17.0 Å². The van der Waals surface area contributed by atoms with Crippen molar-refractivity contribution in [3.8, 4) is 11.5 Å². The monoisotopic (exact) mass is 465 g/mol. The zero-order valence-electron chi connectivity index (χ0n) is 18.6. The molecule has 0 bridgehead atoms. The van der Waals surface area contributed by atoms with E-state index in [1.165, 1.54) is 0 Å². The summed E-state index contributed by atoms with van der Waals surface area (Å²) in [7, 11) is 1.58. The summed E-state index contributed by atoms with van der Waals surface area (Å²) < 4.78 is 18.6. The zero-order chi connectivity index (χ0) is 23.4. The largest absolute Gasteiger partial charge is 0.493 e. The number of aromatic nitrogens is 2. The lowest BCUT2D eigenvalue weighted by Crippen LogP contribution is -2.12. The first-order chi connectivity index (χ1) is 15.9. The molecule has 1 amide bonds. The Bertz CT molecular complexity index is 1260. The highest BCUT2D eigenvalue weighted by molar-refractivity contribution is 6.30. The van der Waals surface area contributed by atoms with Gasteiger partial charge in [0.05, 0.1) is 30.7 Å². The Morgan fingerprint density at radius 3 is 2.52 bits per heavy atom. The van der Waals surface area contributed by atoms with Crippen molar-refractivity contribution in [2.45, 2.75) is 27.0 Å². The Balaban J connectivity index is 1.42. The van der Waals surface area contributed by atoms with Crippen LogP contribution in [0.4, 0.5) is 5.69 Å². The fraction of sp³-hybridized carbons (Fsp3) is 0.200. The third-order valence-corrected chi connectivity index (χ3v) is 5.44. The maximum absolute atomic E-state index is 12.8. The summed E-state index contributed by atoms with van der Waals surface area (Å²) in [6, 6.07) is 18.3. The van der Waals surface area contributed by atoms with Crippen molar-refractivity contribution >= 4 is 23.2 Å². The second kappa shape index (κ2) is 9.83. The molecule has 8 heteroatoms. The van der Waals surface area contributed by atoms with Gasteiger partial charge in [0, 0.05) is 5.02 Å². The highest BCUT2D eigenvalue weighted by atomic mass is 35.5. The van der Waals surface area contributed by atoms with E-state index in [1.807, 2.05) is 67.1 Å². The summed E-state index contributed by atoms with van der Waals surface area (Å²) in [6.07, 6.45) is 0. The molecule has 4 rings (SSSR count). The smallest absolute Gasteiger partial charge is 0.291 e. The van der Waals surface area contributed by atoms with Gasteiger partial charge in [-0.3, -0.25) is 9.48 Å². The Hall–Kier alpha value is -3.71. The number of nitrogens with one attached hydrogen (secondary N) is 1. The third kappa shape index (κ3) is 5.21. The van der Waals surface area contributed by atoms with Crippen molar-refractivity contribution in [1.82, 2.24) is 9.78 Å². The van der Waals surface area contributed by atoms with Gasteiger partial charge in [0.1, 0.15) is 12.4 Å². The van der Waals surface area contributed by atoms with Gasteiger partial charge < -0.3 is 19.2 Å². The van der Waals surface area contributed by atoms with Crippen molar-refractivity contribution in [2.24, 2.45) is 0 Å². The molecule has 0 aliphatic carbocycles. The quantitative estimate of drug-likeness (QED) is 0.364. The lowest BCUT2D eigenvalue weighted by Gasteiger charge is -2.09. The Morgan fingerprint density at radius 2 is 1.79 bits per heavy atom. The van der Waals surface area contributed by atoms with Crippen LogP contribution in [0, 0.1) is 13.8 Å². The summed E-state index contributed by atoms with van der Waals surface area (Å²) in [4.78, 5) is 12.8. The molecule has 0 saturated carbocycles. The van der Waals surface area contributed by atoms with Crippen LogP contribution in [-0.4, -0.2) is 22.8 Å². The van der Waals surface area contributed by atoms with Crippen LogP contribution in [0.2, 0.25) is 5.02 Å². The molecule has 0 radical (unpaired) electrons. The van der Waals surface area contributed by atoms with E-state index in [4.69, 9.17) is 25.5 Å². The predicted octanol–water partition coefficient (Wildman–Crippen LogP) is 5.63. The number of methoxy groups -OCH3 is 1. The standard InChI is InChI=1S/C25H24ClN3O4/c1-16-24(17(2)29(28-16)14-18-8-10-19(26)11-9-18)27-25(30)23-13-12-20(33-23)15-32-22-7-5-4-6-21(22)31-3/h4-13H,14-15H2,1-3H3,(H,27,30). The molecule has 0 unspecified atom stereocenters. The highest BCUT2D eigenvalue weighted by Gasteiger charge is 2.18. The molecule has 0 spiro atoms. The van der Waals surface area contributed by atoms with Gasteiger partial charge >= 0.3 is 0 Å². The number of carbonyl (C=O) groups excluding carboxylic acids is 1. The van der Waals surface area contributed by atoms with Crippen LogP contribution in [0.5, 0.6) is 11.5 Å². The molecule has 0 aliphatic heterocycles. The van der Waals surface area contributed by atoms with Crippen LogP contribution in [0.3, 0.4) is 0 Å². The van der Waals surface area contributed by atoms with Crippen molar-refractivity contribution in [1.29, 1.82) is 0 Å². The minimum atomic E-state index is -0.351. The summed E-state index contributed by atoms with van der Waals surface area (Å²) in [5, 5.41) is 8.17. The van der Waals surface area contributed by atoms with Crippen molar-refractivity contribution in [3.05, 3.63) is 94.2 Å². The average Bonchev–Trinajstić information content (AvgIpc) is 3.40. The van der Waals surface area contributed by atoms with E-state index in [-0.39, 0.29) is 18.3 Å². The summed E-state index contributed by atoms with van der Waals surface area (Å²) >= 11 is 5.96. The summed E-state index contributed by atoms with van der Waals surface area (Å²) in [5.41, 5.74) is 3.30. The SMILES string of the molecule is COc1ccccc1OCc1ccc(C(=O)Nc2c(C)nn(Cc3ccc(Cl)cc3)c2C)o1. The van der Waals surface area contributed by atoms with Crippen LogP contribution < -0.4 is 14.8 Å². The Morgan fingerprint density at radius 1 is 1.06 bits per heavy atom. The molecule has 2 aromatic carbocycles. The van der Waals surface area contributed by atoms with Crippen LogP contribution >= 0.6 is 11.6 Å².